The number of anilines is 3. The standard InChI is InChI=1S/C59H43NO/c1-4-16-39(31-32-42-21-13-20-41-17-7-8-22-46(41)42)40-33-35-45(36-34-40)60(54-29-14-26-50-47-23-9-11-27-52(47)59(2,3)58(50)54)53-28-12-10-24-48(53)49-25-15-30-55-57(49)51-37-43-18-5-6-19-44(43)38-56(51)61-55/h4-38H,1H2,2-3H3/b32-31+,39-16+. The van der Waals surface area contributed by atoms with Gasteiger partial charge in [0.1, 0.15) is 11.2 Å². The van der Waals surface area contributed by atoms with Gasteiger partial charge >= 0.3 is 0 Å². The Kier molecular flexibility index (Phi) is 8.68. The molecular formula is C59H43NO. The fraction of sp³-hybridized carbons (Fsp3) is 0.0508. The van der Waals surface area contributed by atoms with Crippen LogP contribution in [-0.4, -0.2) is 0 Å². The van der Waals surface area contributed by atoms with Crippen molar-refractivity contribution in [2.45, 2.75) is 19.3 Å². The summed E-state index contributed by atoms with van der Waals surface area (Å²) in [7, 11) is 0. The summed E-state index contributed by atoms with van der Waals surface area (Å²) >= 11 is 0. The van der Waals surface area contributed by atoms with Crippen molar-refractivity contribution in [3.8, 4) is 22.3 Å². The average molecular weight is 782 g/mol. The zero-order valence-corrected chi connectivity index (χ0v) is 34.3. The molecule has 0 N–H and O–H groups in total. The topological polar surface area (TPSA) is 16.4 Å². The fourth-order valence-electron chi connectivity index (χ4n) is 9.80. The minimum absolute atomic E-state index is 0.232. The molecule has 2 heteroatoms. The highest BCUT2D eigenvalue weighted by Gasteiger charge is 2.39. The number of benzene rings is 9. The number of hydrogen-bond acceptors (Lipinski definition) is 2. The molecule has 0 fully saturated rings. The molecule has 0 saturated carbocycles. The summed E-state index contributed by atoms with van der Waals surface area (Å²) in [6.45, 7) is 8.82. The van der Waals surface area contributed by atoms with Crippen LogP contribution in [0.1, 0.15) is 36.1 Å². The third-order valence-corrected chi connectivity index (χ3v) is 12.6. The predicted octanol–water partition coefficient (Wildman–Crippen LogP) is 16.6. The van der Waals surface area contributed by atoms with Crippen LogP contribution in [0.2, 0.25) is 0 Å². The monoisotopic (exact) mass is 781 g/mol. The first-order valence-corrected chi connectivity index (χ1v) is 21.0. The van der Waals surface area contributed by atoms with Gasteiger partial charge in [0.05, 0.1) is 11.4 Å². The van der Waals surface area contributed by atoms with Gasteiger partial charge in [0.15, 0.2) is 0 Å². The number of rotatable bonds is 8. The molecule has 9 aromatic carbocycles. The Labute approximate surface area is 356 Å². The molecule has 0 aliphatic heterocycles. The van der Waals surface area contributed by atoms with Crippen molar-refractivity contribution in [2.75, 3.05) is 4.90 Å². The zero-order chi connectivity index (χ0) is 41.1. The number of nitrogens with zero attached hydrogens (tertiary/aromatic N) is 1. The van der Waals surface area contributed by atoms with Crippen molar-refractivity contribution in [1.29, 1.82) is 0 Å². The molecule has 0 atom stereocenters. The Morgan fingerprint density at radius 2 is 1.18 bits per heavy atom. The number of para-hydroxylation sites is 1. The van der Waals surface area contributed by atoms with Crippen LogP contribution in [0.15, 0.2) is 217 Å². The summed E-state index contributed by atoms with van der Waals surface area (Å²) in [4.78, 5) is 2.48. The summed E-state index contributed by atoms with van der Waals surface area (Å²) in [5, 5.41) is 7.06. The van der Waals surface area contributed by atoms with Crippen molar-refractivity contribution < 1.29 is 4.42 Å². The lowest BCUT2D eigenvalue weighted by molar-refractivity contribution is 0.661. The maximum absolute atomic E-state index is 6.61. The van der Waals surface area contributed by atoms with Gasteiger partial charge in [0.2, 0.25) is 0 Å². The smallest absolute Gasteiger partial charge is 0.136 e. The van der Waals surface area contributed by atoms with E-state index in [1.165, 1.54) is 49.4 Å². The van der Waals surface area contributed by atoms with Gasteiger partial charge < -0.3 is 9.32 Å². The van der Waals surface area contributed by atoms with Gasteiger partial charge in [0, 0.05) is 27.4 Å². The van der Waals surface area contributed by atoms with Crippen LogP contribution in [-0.2, 0) is 5.41 Å². The molecule has 0 unspecified atom stereocenters. The molecule has 0 spiro atoms. The molecule has 0 bridgehead atoms. The van der Waals surface area contributed by atoms with E-state index in [0.29, 0.717) is 0 Å². The molecule has 290 valence electrons. The molecule has 1 heterocycles. The summed E-state index contributed by atoms with van der Waals surface area (Å²) in [5.41, 5.74) is 15.8. The first-order valence-electron chi connectivity index (χ1n) is 21.0. The van der Waals surface area contributed by atoms with Gasteiger partial charge in [-0.2, -0.15) is 0 Å². The molecule has 1 aliphatic rings. The highest BCUT2D eigenvalue weighted by Crippen LogP contribution is 2.55. The second-order valence-corrected chi connectivity index (χ2v) is 16.5. The SMILES string of the molecule is C=C/C=C(\C=C\c1cccc2ccccc12)c1ccc(N(c2ccccc2-c2cccc3oc4cc5ccccc5cc4c23)c2cccc3c2C(C)(C)c2ccccc2-3)cc1. The van der Waals surface area contributed by atoms with Crippen LogP contribution in [0, 0.1) is 0 Å². The van der Waals surface area contributed by atoms with E-state index >= 15 is 0 Å². The number of fused-ring (bicyclic) bond motifs is 8. The second-order valence-electron chi connectivity index (χ2n) is 16.5. The Bertz CT molecular complexity index is 3410. The van der Waals surface area contributed by atoms with Crippen LogP contribution in [0.25, 0.3) is 77.4 Å². The predicted molar refractivity (Wildman–Crippen MR) is 260 cm³/mol. The van der Waals surface area contributed by atoms with Crippen LogP contribution >= 0.6 is 0 Å². The van der Waals surface area contributed by atoms with Crippen molar-refractivity contribution >= 4 is 72.2 Å². The lowest BCUT2D eigenvalue weighted by Crippen LogP contribution is -2.21. The summed E-state index contributed by atoms with van der Waals surface area (Å²) in [6, 6.07) is 68.0. The minimum atomic E-state index is -0.232. The van der Waals surface area contributed by atoms with Crippen LogP contribution in [0.4, 0.5) is 17.1 Å². The third-order valence-electron chi connectivity index (χ3n) is 12.6. The lowest BCUT2D eigenvalue weighted by Gasteiger charge is -2.33. The third kappa shape index (κ3) is 6.02. The molecule has 11 rings (SSSR count). The van der Waals surface area contributed by atoms with E-state index < -0.39 is 0 Å². The summed E-state index contributed by atoms with van der Waals surface area (Å²) < 4.78 is 6.61. The molecule has 0 saturated heterocycles. The highest BCUT2D eigenvalue weighted by molar-refractivity contribution is 6.16. The highest BCUT2D eigenvalue weighted by atomic mass is 16.3. The molecule has 0 amide bonds. The van der Waals surface area contributed by atoms with Crippen molar-refractivity contribution in [3.63, 3.8) is 0 Å². The van der Waals surface area contributed by atoms with E-state index in [0.717, 1.165) is 61.3 Å². The first-order chi connectivity index (χ1) is 30.0. The van der Waals surface area contributed by atoms with E-state index in [4.69, 9.17) is 4.42 Å². The number of allylic oxidation sites excluding steroid dienone is 4. The average Bonchev–Trinajstić information content (AvgIpc) is 3.78. The van der Waals surface area contributed by atoms with Gasteiger partial charge in [-0.1, -0.05) is 190 Å². The molecule has 2 nitrogen and oxygen atoms in total. The molecular weight excluding hydrogens is 739 g/mol. The number of hydrogen-bond donors (Lipinski definition) is 0. The largest absolute Gasteiger partial charge is 0.456 e. The maximum atomic E-state index is 6.61. The van der Waals surface area contributed by atoms with Gasteiger partial charge in [-0.25, -0.2) is 0 Å². The molecule has 1 aromatic heterocycles. The second kappa shape index (κ2) is 14.5. The molecule has 0 radical (unpaired) electrons. The van der Waals surface area contributed by atoms with Crippen molar-refractivity contribution in [3.05, 3.63) is 235 Å². The van der Waals surface area contributed by atoms with E-state index in [9.17, 15) is 0 Å². The normalized spacial score (nSPS) is 13.3. The maximum Gasteiger partial charge on any atom is 0.136 e. The summed E-state index contributed by atoms with van der Waals surface area (Å²) in [5.74, 6) is 0. The van der Waals surface area contributed by atoms with Crippen LogP contribution in [0.5, 0.6) is 0 Å². The first kappa shape index (κ1) is 36.4. The minimum Gasteiger partial charge on any atom is -0.456 e. The molecule has 61 heavy (non-hydrogen) atoms. The van der Waals surface area contributed by atoms with E-state index in [1.807, 2.05) is 6.08 Å². The van der Waals surface area contributed by atoms with Gasteiger partial charge in [-0.3, -0.25) is 0 Å². The van der Waals surface area contributed by atoms with Gasteiger partial charge in [-0.15, -0.1) is 0 Å². The molecule has 10 aromatic rings. The zero-order valence-electron chi connectivity index (χ0n) is 34.3. The van der Waals surface area contributed by atoms with E-state index in [-0.39, 0.29) is 5.41 Å². The van der Waals surface area contributed by atoms with Crippen molar-refractivity contribution in [1.82, 2.24) is 0 Å². The Balaban J connectivity index is 1.10. The Morgan fingerprint density at radius 1 is 0.541 bits per heavy atom. The quantitative estimate of drug-likeness (QED) is 0.143. The van der Waals surface area contributed by atoms with E-state index in [1.54, 1.807) is 0 Å². The molecule has 1 aliphatic carbocycles. The fourth-order valence-corrected chi connectivity index (χ4v) is 9.80. The van der Waals surface area contributed by atoms with E-state index in [2.05, 4.69) is 232 Å². The van der Waals surface area contributed by atoms with Crippen LogP contribution < -0.4 is 4.90 Å². The summed E-state index contributed by atoms with van der Waals surface area (Å²) in [6.07, 6.45) is 8.38. The van der Waals surface area contributed by atoms with Gasteiger partial charge in [0.25, 0.3) is 0 Å². The van der Waals surface area contributed by atoms with Crippen LogP contribution in [0.3, 0.4) is 0 Å². The van der Waals surface area contributed by atoms with Gasteiger partial charge in [-0.05, 0) is 109 Å². The number of furan rings is 1. The lowest BCUT2D eigenvalue weighted by atomic mass is 9.81. The Hall–Kier alpha value is -7.68. The van der Waals surface area contributed by atoms with Crippen molar-refractivity contribution in [2.24, 2.45) is 0 Å². The Morgan fingerprint density at radius 3 is 2.02 bits per heavy atom.